The zero-order valence-electron chi connectivity index (χ0n) is 15.2. The lowest BCUT2D eigenvalue weighted by molar-refractivity contribution is -0.274. The predicted octanol–water partition coefficient (Wildman–Crippen LogP) is 6.47. The summed E-state index contributed by atoms with van der Waals surface area (Å²) in [6, 6.07) is 13.0. The molecule has 0 spiro atoms. The summed E-state index contributed by atoms with van der Waals surface area (Å²) in [5, 5.41) is 0.713. The SMILES string of the molecule is FC(F)(F)Oc1ccc(-c2ccc(C3COC(c4c(Cl)cncc4Cl)=N3)cc2)cc1. The van der Waals surface area contributed by atoms with Crippen molar-refractivity contribution in [2.45, 2.75) is 12.4 Å². The van der Waals surface area contributed by atoms with Gasteiger partial charge in [0.05, 0.1) is 15.6 Å². The first kappa shape index (κ1) is 20.5. The van der Waals surface area contributed by atoms with Gasteiger partial charge in [-0.3, -0.25) is 4.98 Å². The molecule has 1 aliphatic rings. The molecule has 1 unspecified atom stereocenters. The van der Waals surface area contributed by atoms with Gasteiger partial charge in [0.1, 0.15) is 18.4 Å². The van der Waals surface area contributed by atoms with Crippen molar-refractivity contribution < 1.29 is 22.6 Å². The number of benzene rings is 2. The molecule has 2 heterocycles. The number of pyridine rings is 1. The van der Waals surface area contributed by atoms with Crippen molar-refractivity contribution in [3.8, 4) is 16.9 Å². The van der Waals surface area contributed by atoms with Gasteiger partial charge in [0.2, 0.25) is 5.90 Å². The molecular formula is C21H13Cl2F3N2O2. The zero-order valence-corrected chi connectivity index (χ0v) is 16.7. The Balaban J connectivity index is 1.51. The highest BCUT2D eigenvalue weighted by molar-refractivity contribution is 6.39. The summed E-state index contributed by atoms with van der Waals surface area (Å²) in [7, 11) is 0. The maximum atomic E-state index is 12.3. The summed E-state index contributed by atoms with van der Waals surface area (Å²) in [5.41, 5.74) is 3.04. The molecule has 0 saturated carbocycles. The third-order valence-electron chi connectivity index (χ3n) is 4.43. The molecule has 9 heteroatoms. The zero-order chi connectivity index (χ0) is 21.3. The Morgan fingerprint density at radius 3 is 2.03 bits per heavy atom. The molecule has 0 N–H and O–H groups in total. The van der Waals surface area contributed by atoms with Crippen LogP contribution in [0.2, 0.25) is 10.0 Å². The number of aromatic nitrogens is 1. The number of aliphatic imine (C=N–C) groups is 1. The van der Waals surface area contributed by atoms with Crippen LogP contribution < -0.4 is 4.74 Å². The Labute approximate surface area is 179 Å². The molecule has 154 valence electrons. The van der Waals surface area contributed by atoms with Gasteiger partial charge in [0.25, 0.3) is 0 Å². The Kier molecular flexibility index (Phi) is 5.58. The number of halogens is 5. The topological polar surface area (TPSA) is 43.7 Å². The van der Waals surface area contributed by atoms with Crippen molar-refractivity contribution in [3.05, 3.63) is 82.1 Å². The van der Waals surface area contributed by atoms with Gasteiger partial charge in [-0.25, -0.2) is 4.99 Å². The highest BCUT2D eigenvalue weighted by Gasteiger charge is 2.31. The molecule has 0 amide bonds. The summed E-state index contributed by atoms with van der Waals surface area (Å²) >= 11 is 12.3. The molecule has 2 aromatic carbocycles. The molecule has 3 aromatic rings. The first-order valence-corrected chi connectivity index (χ1v) is 9.52. The van der Waals surface area contributed by atoms with E-state index in [1.54, 1.807) is 12.1 Å². The second-order valence-corrected chi connectivity index (χ2v) is 7.25. The Hall–Kier alpha value is -2.77. The molecule has 4 rings (SSSR count). The van der Waals surface area contributed by atoms with E-state index in [4.69, 9.17) is 27.9 Å². The molecule has 4 nitrogen and oxygen atoms in total. The standard InChI is InChI=1S/C21H13Cl2F3N2O2/c22-16-9-27-10-17(23)19(16)20-28-18(11-29-20)14-3-1-12(2-4-14)13-5-7-15(8-6-13)30-21(24,25)26/h1-10,18H,11H2. The van der Waals surface area contributed by atoms with E-state index in [1.165, 1.54) is 24.5 Å². The summed E-state index contributed by atoms with van der Waals surface area (Å²) in [4.78, 5) is 8.49. The maximum Gasteiger partial charge on any atom is 0.573 e. The summed E-state index contributed by atoms with van der Waals surface area (Å²) in [6.45, 7) is 0.340. The van der Waals surface area contributed by atoms with E-state index >= 15 is 0 Å². The van der Waals surface area contributed by atoms with Gasteiger partial charge >= 0.3 is 6.36 Å². The van der Waals surface area contributed by atoms with Crippen LogP contribution in [0.3, 0.4) is 0 Å². The number of hydrogen-bond donors (Lipinski definition) is 0. The average Bonchev–Trinajstić information content (AvgIpc) is 3.17. The molecule has 0 radical (unpaired) electrons. The smallest absolute Gasteiger partial charge is 0.475 e. The second kappa shape index (κ2) is 8.16. The monoisotopic (exact) mass is 452 g/mol. The van der Waals surface area contributed by atoms with Gasteiger partial charge in [-0.05, 0) is 28.8 Å². The van der Waals surface area contributed by atoms with Crippen molar-refractivity contribution in [2.75, 3.05) is 6.61 Å². The van der Waals surface area contributed by atoms with Crippen LogP contribution in [0.15, 0.2) is 65.9 Å². The van der Waals surface area contributed by atoms with Crippen molar-refractivity contribution >= 4 is 29.1 Å². The van der Waals surface area contributed by atoms with Crippen LogP contribution in [0.5, 0.6) is 5.75 Å². The van der Waals surface area contributed by atoms with Crippen LogP contribution in [-0.4, -0.2) is 23.9 Å². The molecule has 1 aromatic heterocycles. The first-order valence-electron chi connectivity index (χ1n) is 8.76. The lowest BCUT2D eigenvalue weighted by atomic mass is 10.0. The molecular weight excluding hydrogens is 440 g/mol. The van der Waals surface area contributed by atoms with Crippen molar-refractivity contribution in [1.82, 2.24) is 4.98 Å². The van der Waals surface area contributed by atoms with E-state index in [1.807, 2.05) is 24.3 Å². The van der Waals surface area contributed by atoms with Crippen LogP contribution in [0.4, 0.5) is 13.2 Å². The summed E-state index contributed by atoms with van der Waals surface area (Å²) in [6.07, 6.45) is -1.76. The molecule has 0 aliphatic carbocycles. The first-order chi connectivity index (χ1) is 14.3. The van der Waals surface area contributed by atoms with E-state index in [9.17, 15) is 13.2 Å². The average molecular weight is 453 g/mol. The number of alkyl halides is 3. The maximum absolute atomic E-state index is 12.3. The van der Waals surface area contributed by atoms with Crippen LogP contribution in [0.25, 0.3) is 11.1 Å². The minimum absolute atomic E-state index is 0.225. The third kappa shape index (κ3) is 4.52. The predicted molar refractivity (Wildman–Crippen MR) is 108 cm³/mol. The van der Waals surface area contributed by atoms with Crippen molar-refractivity contribution in [2.24, 2.45) is 4.99 Å². The largest absolute Gasteiger partial charge is 0.573 e. The molecule has 0 fully saturated rings. The molecule has 30 heavy (non-hydrogen) atoms. The number of rotatable bonds is 4. The lowest BCUT2D eigenvalue weighted by Crippen LogP contribution is -2.16. The highest BCUT2D eigenvalue weighted by atomic mass is 35.5. The number of nitrogens with zero attached hydrogens (tertiary/aromatic N) is 2. The molecule has 0 bridgehead atoms. The lowest BCUT2D eigenvalue weighted by Gasteiger charge is -2.10. The molecule has 0 saturated heterocycles. The van der Waals surface area contributed by atoms with Crippen LogP contribution >= 0.6 is 23.2 Å². The second-order valence-electron chi connectivity index (χ2n) is 6.43. The fourth-order valence-electron chi connectivity index (χ4n) is 3.04. The van der Waals surface area contributed by atoms with E-state index in [0.29, 0.717) is 28.1 Å². The van der Waals surface area contributed by atoms with Crippen molar-refractivity contribution in [1.29, 1.82) is 0 Å². The summed E-state index contributed by atoms with van der Waals surface area (Å²) in [5.74, 6) is 0.100. The Morgan fingerprint density at radius 2 is 1.47 bits per heavy atom. The number of ether oxygens (including phenoxy) is 2. The van der Waals surface area contributed by atoms with Gasteiger partial charge in [-0.1, -0.05) is 59.6 Å². The van der Waals surface area contributed by atoms with Crippen LogP contribution in [0.1, 0.15) is 17.2 Å². The quantitative estimate of drug-likeness (QED) is 0.455. The Bertz CT molecular complexity index is 1060. The van der Waals surface area contributed by atoms with E-state index in [2.05, 4.69) is 14.7 Å². The van der Waals surface area contributed by atoms with Gasteiger partial charge in [-0.2, -0.15) is 0 Å². The molecule has 1 atom stereocenters. The fourth-order valence-corrected chi connectivity index (χ4v) is 3.57. The minimum Gasteiger partial charge on any atom is -0.475 e. The minimum atomic E-state index is -4.71. The highest BCUT2D eigenvalue weighted by Crippen LogP contribution is 2.32. The van der Waals surface area contributed by atoms with Crippen molar-refractivity contribution in [3.63, 3.8) is 0 Å². The van der Waals surface area contributed by atoms with Gasteiger partial charge in [-0.15, -0.1) is 13.2 Å². The van der Waals surface area contributed by atoms with Gasteiger partial charge < -0.3 is 9.47 Å². The normalized spacial score (nSPS) is 16.2. The van der Waals surface area contributed by atoms with E-state index in [-0.39, 0.29) is 11.8 Å². The van der Waals surface area contributed by atoms with Crippen LogP contribution in [0, 0.1) is 0 Å². The van der Waals surface area contributed by atoms with Gasteiger partial charge in [0, 0.05) is 12.4 Å². The molecule has 1 aliphatic heterocycles. The van der Waals surface area contributed by atoms with E-state index < -0.39 is 6.36 Å². The van der Waals surface area contributed by atoms with Crippen LogP contribution in [-0.2, 0) is 4.74 Å². The summed E-state index contributed by atoms with van der Waals surface area (Å²) < 4.78 is 46.4. The fraction of sp³-hybridized carbons (Fsp3) is 0.143. The van der Waals surface area contributed by atoms with Gasteiger partial charge in [0.15, 0.2) is 0 Å². The van der Waals surface area contributed by atoms with E-state index in [0.717, 1.165) is 16.7 Å². The number of hydrogen-bond acceptors (Lipinski definition) is 4. The third-order valence-corrected chi connectivity index (χ3v) is 5.01. The Morgan fingerprint density at radius 1 is 0.900 bits per heavy atom.